The Hall–Kier alpha value is -1.62. The molecule has 0 unspecified atom stereocenters. The number of nitrogens with one attached hydrogen (secondary N) is 1. The minimum Gasteiger partial charge on any atom is -0.497 e. The normalized spacial score (nSPS) is 10.8. The largest absolute Gasteiger partial charge is 0.497 e. The fourth-order valence-corrected chi connectivity index (χ4v) is 3.43. The van der Waals surface area contributed by atoms with Crippen molar-refractivity contribution < 1.29 is 9.53 Å². The molecule has 0 aromatic heterocycles. The summed E-state index contributed by atoms with van der Waals surface area (Å²) in [5.74, 6) is 2.27. The van der Waals surface area contributed by atoms with Crippen LogP contribution in [-0.2, 0) is 10.5 Å². The Morgan fingerprint density at radius 1 is 1.20 bits per heavy atom. The van der Waals surface area contributed by atoms with E-state index in [1.54, 1.807) is 31.0 Å². The van der Waals surface area contributed by atoms with Crippen LogP contribution in [0.15, 0.2) is 48.5 Å². The molecular formula is C19H19Cl2NO2S. The Morgan fingerprint density at radius 3 is 2.64 bits per heavy atom. The molecule has 6 heteroatoms. The van der Waals surface area contributed by atoms with Crippen LogP contribution in [0, 0.1) is 0 Å². The van der Waals surface area contributed by atoms with Gasteiger partial charge >= 0.3 is 0 Å². The maximum atomic E-state index is 11.8. The molecule has 25 heavy (non-hydrogen) atoms. The van der Waals surface area contributed by atoms with Gasteiger partial charge < -0.3 is 10.1 Å². The summed E-state index contributed by atoms with van der Waals surface area (Å²) in [6, 6.07) is 13.0. The molecule has 3 nitrogen and oxygen atoms in total. The van der Waals surface area contributed by atoms with Crippen molar-refractivity contribution in [1.82, 2.24) is 5.32 Å². The molecule has 2 aromatic carbocycles. The number of methoxy groups -OCH3 is 1. The Bertz CT molecular complexity index is 733. The molecule has 0 aliphatic heterocycles. The maximum Gasteiger partial charge on any atom is 0.244 e. The quantitative estimate of drug-likeness (QED) is 0.501. The molecule has 0 aliphatic rings. The number of amides is 1. The highest BCUT2D eigenvalue weighted by Gasteiger charge is 2.02. The number of halogens is 2. The molecule has 0 heterocycles. The van der Waals surface area contributed by atoms with Crippen LogP contribution < -0.4 is 10.1 Å². The highest BCUT2D eigenvalue weighted by molar-refractivity contribution is 7.98. The van der Waals surface area contributed by atoms with Crippen LogP contribution in [0.3, 0.4) is 0 Å². The van der Waals surface area contributed by atoms with Crippen LogP contribution >= 0.6 is 35.0 Å². The van der Waals surface area contributed by atoms with Gasteiger partial charge in [-0.25, -0.2) is 0 Å². The molecule has 0 spiro atoms. The third-order valence-corrected chi connectivity index (χ3v) is 4.96. The molecule has 0 atom stereocenters. The third kappa shape index (κ3) is 7.02. The van der Waals surface area contributed by atoms with Crippen molar-refractivity contribution in [1.29, 1.82) is 0 Å². The second kappa shape index (κ2) is 10.4. The number of benzene rings is 2. The molecule has 1 amide bonds. The van der Waals surface area contributed by atoms with Gasteiger partial charge in [0.05, 0.1) is 7.11 Å². The minimum absolute atomic E-state index is 0.110. The first-order chi connectivity index (χ1) is 12.1. The molecule has 0 aliphatic carbocycles. The lowest BCUT2D eigenvalue weighted by Crippen LogP contribution is -2.23. The highest BCUT2D eigenvalue weighted by atomic mass is 35.5. The van der Waals surface area contributed by atoms with E-state index in [1.165, 1.54) is 6.08 Å². The molecule has 0 saturated carbocycles. The van der Waals surface area contributed by atoms with Crippen LogP contribution in [0.2, 0.25) is 10.0 Å². The third-order valence-electron chi connectivity index (χ3n) is 3.36. The first kappa shape index (κ1) is 19.7. The van der Waals surface area contributed by atoms with E-state index >= 15 is 0 Å². The summed E-state index contributed by atoms with van der Waals surface area (Å²) >= 11 is 13.7. The van der Waals surface area contributed by atoms with Crippen LogP contribution in [0.25, 0.3) is 6.08 Å². The fourth-order valence-electron chi connectivity index (χ4n) is 2.01. The zero-order valence-electron chi connectivity index (χ0n) is 13.8. The number of ether oxygens (including phenoxy) is 1. The summed E-state index contributed by atoms with van der Waals surface area (Å²) in [5.41, 5.74) is 1.99. The molecule has 1 N–H and O–H groups in total. The fraction of sp³-hybridized carbons (Fsp3) is 0.211. The zero-order chi connectivity index (χ0) is 18.1. The van der Waals surface area contributed by atoms with Crippen molar-refractivity contribution in [2.45, 2.75) is 5.75 Å². The van der Waals surface area contributed by atoms with E-state index in [0.717, 1.165) is 28.4 Å². The molecule has 2 rings (SSSR count). The van der Waals surface area contributed by atoms with Gasteiger partial charge in [-0.1, -0.05) is 41.4 Å². The number of thioether (sulfide) groups is 1. The Labute approximate surface area is 162 Å². The summed E-state index contributed by atoms with van der Waals surface area (Å²) in [5, 5.41) is 4.17. The summed E-state index contributed by atoms with van der Waals surface area (Å²) in [6.07, 6.45) is 3.30. The van der Waals surface area contributed by atoms with Gasteiger partial charge in [0.25, 0.3) is 0 Å². The van der Waals surface area contributed by atoms with E-state index in [-0.39, 0.29) is 5.91 Å². The Morgan fingerprint density at radius 2 is 1.96 bits per heavy atom. The topological polar surface area (TPSA) is 38.3 Å². The maximum absolute atomic E-state index is 11.8. The van der Waals surface area contributed by atoms with Crippen molar-refractivity contribution in [3.05, 3.63) is 69.7 Å². The molecule has 132 valence electrons. The second-order valence-corrected chi connectivity index (χ2v) is 7.13. The SMILES string of the molecule is COc1ccc(C=CC(=O)NCCSCc2ccc(Cl)cc2Cl)cc1. The van der Waals surface area contributed by atoms with Gasteiger partial charge in [-0.05, 0) is 41.5 Å². The monoisotopic (exact) mass is 395 g/mol. The lowest BCUT2D eigenvalue weighted by Gasteiger charge is -2.05. The molecule has 0 fully saturated rings. The Balaban J connectivity index is 1.67. The van der Waals surface area contributed by atoms with Crippen LogP contribution in [0.4, 0.5) is 0 Å². The summed E-state index contributed by atoms with van der Waals surface area (Å²) in [7, 11) is 1.62. The van der Waals surface area contributed by atoms with Crippen LogP contribution in [-0.4, -0.2) is 25.3 Å². The molecule has 2 aromatic rings. The predicted octanol–water partition coefficient (Wildman–Crippen LogP) is 5.06. The smallest absolute Gasteiger partial charge is 0.244 e. The first-order valence-corrected chi connectivity index (χ1v) is 9.61. The predicted molar refractivity (Wildman–Crippen MR) is 108 cm³/mol. The van der Waals surface area contributed by atoms with E-state index in [9.17, 15) is 4.79 Å². The van der Waals surface area contributed by atoms with Crippen molar-refractivity contribution in [2.24, 2.45) is 0 Å². The van der Waals surface area contributed by atoms with E-state index < -0.39 is 0 Å². The van der Waals surface area contributed by atoms with Gasteiger partial charge in [-0.15, -0.1) is 0 Å². The van der Waals surface area contributed by atoms with Crippen molar-refractivity contribution in [2.75, 3.05) is 19.4 Å². The zero-order valence-corrected chi connectivity index (χ0v) is 16.1. The van der Waals surface area contributed by atoms with E-state index in [0.29, 0.717) is 16.6 Å². The highest BCUT2D eigenvalue weighted by Crippen LogP contribution is 2.24. The van der Waals surface area contributed by atoms with Gasteiger partial charge in [0, 0.05) is 34.2 Å². The standard InChI is InChI=1S/C19H19Cl2NO2S/c1-24-17-7-2-14(3-8-17)4-9-19(23)22-10-11-25-13-15-5-6-16(20)12-18(15)21/h2-9,12H,10-11,13H2,1H3,(H,22,23). The second-order valence-electron chi connectivity index (χ2n) is 5.19. The Kier molecular flexibility index (Phi) is 8.19. The molecule has 0 saturated heterocycles. The number of hydrogen-bond acceptors (Lipinski definition) is 3. The molecule has 0 radical (unpaired) electrons. The van der Waals surface area contributed by atoms with Gasteiger partial charge in [0.1, 0.15) is 5.75 Å². The summed E-state index contributed by atoms with van der Waals surface area (Å²) < 4.78 is 5.10. The average Bonchev–Trinajstić information content (AvgIpc) is 2.61. The number of carbonyl (C=O) groups excluding carboxylic acids is 1. The average molecular weight is 396 g/mol. The van der Waals surface area contributed by atoms with Gasteiger partial charge in [-0.2, -0.15) is 11.8 Å². The lowest BCUT2D eigenvalue weighted by atomic mass is 10.2. The van der Waals surface area contributed by atoms with Crippen LogP contribution in [0.1, 0.15) is 11.1 Å². The number of carbonyl (C=O) groups is 1. The molecular weight excluding hydrogens is 377 g/mol. The van der Waals surface area contributed by atoms with Crippen LogP contribution in [0.5, 0.6) is 5.75 Å². The van der Waals surface area contributed by atoms with E-state index in [1.807, 2.05) is 36.4 Å². The number of rotatable bonds is 8. The van der Waals surface area contributed by atoms with Gasteiger partial charge in [0.15, 0.2) is 0 Å². The summed E-state index contributed by atoms with van der Waals surface area (Å²) in [4.78, 5) is 11.8. The van der Waals surface area contributed by atoms with E-state index in [4.69, 9.17) is 27.9 Å². The van der Waals surface area contributed by atoms with Gasteiger partial charge in [0.2, 0.25) is 5.91 Å². The van der Waals surface area contributed by atoms with Crippen molar-refractivity contribution in [3.8, 4) is 5.75 Å². The van der Waals surface area contributed by atoms with Crippen molar-refractivity contribution in [3.63, 3.8) is 0 Å². The first-order valence-electron chi connectivity index (χ1n) is 7.70. The van der Waals surface area contributed by atoms with E-state index in [2.05, 4.69) is 5.32 Å². The molecule has 0 bridgehead atoms. The van der Waals surface area contributed by atoms with Gasteiger partial charge in [-0.3, -0.25) is 4.79 Å². The minimum atomic E-state index is -0.110. The lowest BCUT2D eigenvalue weighted by molar-refractivity contribution is -0.116. The number of hydrogen-bond donors (Lipinski definition) is 1. The summed E-state index contributed by atoms with van der Waals surface area (Å²) in [6.45, 7) is 0.599. The van der Waals surface area contributed by atoms with Crippen molar-refractivity contribution >= 4 is 46.9 Å².